The van der Waals surface area contributed by atoms with Crippen LogP contribution in [0.15, 0.2) is 36.5 Å². The van der Waals surface area contributed by atoms with Crippen LogP contribution in [0.3, 0.4) is 0 Å². The molecule has 0 saturated carbocycles. The number of hydrogen-bond acceptors (Lipinski definition) is 2. The Balaban J connectivity index is 1.54. The summed E-state index contributed by atoms with van der Waals surface area (Å²) in [5, 5.41) is 0. The van der Waals surface area contributed by atoms with E-state index in [2.05, 4.69) is 51.7 Å². The molecule has 1 saturated heterocycles. The largest absolute Gasteiger partial charge is 0.342 e. The van der Waals surface area contributed by atoms with Gasteiger partial charge in [0.1, 0.15) is 5.82 Å². The number of rotatable bonds is 3. The molecule has 4 nitrogen and oxygen atoms in total. The summed E-state index contributed by atoms with van der Waals surface area (Å²) in [6.07, 6.45) is 7.44. The van der Waals surface area contributed by atoms with Crippen LogP contribution in [0.5, 0.6) is 0 Å². The molecule has 0 N–H and O–H groups in total. The van der Waals surface area contributed by atoms with Crippen molar-refractivity contribution in [2.45, 2.75) is 51.5 Å². The summed E-state index contributed by atoms with van der Waals surface area (Å²) in [5.74, 6) is 1.91. The third-order valence-electron chi connectivity index (χ3n) is 5.85. The molecule has 2 atom stereocenters. The number of hydrogen-bond donors (Lipinski definition) is 0. The van der Waals surface area contributed by atoms with Gasteiger partial charge >= 0.3 is 0 Å². The monoisotopic (exact) mass is 337 g/mol. The molecule has 0 radical (unpaired) electrons. The number of nitrogens with zero attached hydrogens (tertiary/aromatic N) is 3. The van der Waals surface area contributed by atoms with Gasteiger partial charge in [-0.25, -0.2) is 4.98 Å². The molecule has 0 spiro atoms. The summed E-state index contributed by atoms with van der Waals surface area (Å²) in [5.41, 5.74) is 2.53. The van der Waals surface area contributed by atoms with E-state index in [0.717, 1.165) is 51.1 Å². The highest BCUT2D eigenvalue weighted by molar-refractivity contribution is 5.79. The lowest BCUT2D eigenvalue weighted by Gasteiger charge is -2.33. The summed E-state index contributed by atoms with van der Waals surface area (Å²) < 4.78 is 2.31. The molecule has 4 heteroatoms. The molecule has 2 aliphatic heterocycles. The third kappa shape index (κ3) is 3.22. The van der Waals surface area contributed by atoms with Gasteiger partial charge in [0.05, 0.1) is 5.92 Å². The highest BCUT2D eigenvalue weighted by Gasteiger charge is 2.31. The van der Waals surface area contributed by atoms with Gasteiger partial charge in [0.25, 0.3) is 0 Å². The molecule has 4 rings (SSSR count). The van der Waals surface area contributed by atoms with Gasteiger partial charge < -0.3 is 9.47 Å². The molecule has 0 bridgehead atoms. The molecule has 3 heterocycles. The van der Waals surface area contributed by atoms with Crippen LogP contribution in [-0.4, -0.2) is 33.4 Å². The van der Waals surface area contributed by atoms with Crippen LogP contribution in [0.4, 0.5) is 0 Å². The summed E-state index contributed by atoms with van der Waals surface area (Å²) in [6.45, 7) is 4.91. The molecular formula is C21H27N3O. The Morgan fingerprint density at radius 2 is 1.92 bits per heavy atom. The average molecular weight is 337 g/mol. The zero-order valence-corrected chi connectivity index (χ0v) is 15.0. The van der Waals surface area contributed by atoms with E-state index in [0.29, 0.717) is 11.8 Å². The Kier molecular flexibility index (Phi) is 4.60. The van der Waals surface area contributed by atoms with Gasteiger partial charge in [-0.1, -0.05) is 37.3 Å². The van der Waals surface area contributed by atoms with Gasteiger partial charge in [-0.3, -0.25) is 4.79 Å². The first-order valence-corrected chi connectivity index (χ1v) is 9.62. The normalized spacial score (nSPS) is 21.6. The SMILES string of the molecule is CC(c1ccccc1)c1cnc2n1CC(C(=O)N1CCCCC1)CC2. The average Bonchev–Trinajstić information content (AvgIpc) is 3.11. The van der Waals surface area contributed by atoms with Crippen molar-refractivity contribution in [3.05, 3.63) is 53.6 Å². The minimum atomic E-state index is 0.113. The van der Waals surface area contributed by atoms with Gasteiger partial charge in [0, 0.05) is 43.9 Å². The fourth-order valence-electron chi connectivity index (χ4n) is 4.29. The number of carbonyl (C=O) groups is 1. The van der Waals surface area contributed by atoms with Crippen LogP contribution < -0.4 is 0 Å². The molecule has 1 amide bonds. The minimum Gasteiger partial charge on any atom is -0.342 e. The molecule has 2 aliphatic rings. The van der Waals surface area contributed by atoms with Crippen molar-refractivity contribution in [2.24, 2.45) is 5.92 Å². The van der Waals surface area contributed by atoms with Crippen LogP contribution in [0.25, 0.3) is 0 Å². The fourth-order valence-corrected chi connectivity index (χ4v) is 4.29. The van der Waals surface area contributed by atoms with Crippen molar-refractivity contribution in [1.82, 2.24) is 14.5 Å². The molecule has 25 heavy (non-hydrogen) atoms. The number of amides is 1. The maximum Gasteiger partial charge on any atom is 0.227 e. The topological polar surface area (TPSA) is 38.1 Å². The second kappa shape index (κ2) is 7.03. The predicted octanol–water partition coefficient (Wildman–Crippen LogP) is 3.61. The Labute approximate surface area is 149 Å². The molecule has 1 aromatic carbocycles. The number of imidazole rings is 1. The number of piperidine rings is 1. The van der Waals surface area contributed by atoms with Crippen LogP contribution in [0.2, 0.25) is 0 Å². The van der Waals surface area contributed by atoms with Gasteiger partial charge in [0.2, 0.25) is 5.91 Å². The predicted molar refractivity (Wildman–Crippen MR) is 98.4 cm³/mol. The maximum absolute atomic E-state index is 12.9. The number of aromatic nitrogens is 2. The Bertz CT molecular complexity index is 731. The van der Waals surface area contributed by atoms with Crippen LogP contribution >= 0.6 is 0 Å². The van der Waals surface area contributed by atoms with Crippen LogP contribution in [0, 0.1) is 5.92 Å². The number of likely N-dealkylation sites (tertiary alicyclic amines) is 1. The summed E-state index contributed by atoms with van der Waals surface area (Å²) in [6, 6.07) is 10.6. The van der Waals surface area contributed by atoms with E-state index in [9.17, 15) is 4.79 Å². The van der Waals surface area contributed by atoms with Crippen molar-refractivity contribution in [3.8, 4) is 0 Å². The van der Waals surface area contributed by atoms with Gasteiger partial charge in [-0.05, 0) is 31.2 Å². The second-order valence-corrected chi connectivity index (χ2v) is 7.46. The second-order valence-electron chi connectivity index (χ2n) is 7.46. The van der Waals surface area contributed by atoms with Crippen molar-refractivity contribution >= 4 is 5.91 Å². The Morgan fingerprint density at radius 1 is 1.16 bits per heavy atom. The third-order valence-corrected chi connectivity index (χ3v) is 5.85. The smallest absolute Gasteiger partial charge is 0.227 e. The minimum absolute atomic E-state index is 0.113. The quantitative estimate of drug-likeness (QED) is 0.858. The van der Waals surface area contributed by atoms with Crippen LogP contribution in [-0.2, 0) is 17.8 Å². The Morgan fingerprint density at radius 3 is 2.68 bits per heavy atom. The molecule has 1 aromatic heterocycles. The molecule has 1 fully saturated rings. The lowest BCUT2D eigenvalue weighted by atomic mass is 9.94. The first-order chi connectivity index (χ1) is 12.2. The maximum atomic E-state index is 12.9. The number of carbonyl (C=O) groups excluding carboxylic acids is 1. The Hall–Kier alpha value is -2.10. The van der Waals surface area contributed by atoms with E-state index in [-0.39, 0.29) is 5.92 Å². The first-order valence-electron chi connectivity index (χ1n) is 9.62. The lowest BCUT2D eigenvalue weighted by molar-refractivity contribution is -0.137. The van der Waals surface area contributed by atoms with Gasteiger partial charge in [-0.2, -0.15) is 0 Å². The molecule has 132 valence electrons. The van der Waals surface area contributed by atoms with E-state index in [1.54, 1.807) is 0 Å². The molecule has 2 unspecified atom stereocenters. The molecule has 2 aromatic rings. The lowest BCUT2D eigenvalue weighted by Crippen LogP contribution is -2.42. The van der Waals surface area contributed by atoms with Gasteiger partial charge in [-0.15, -0.1) is 0 Å². The standard InChI is InChI=1S/C21H27N3O/c1-16(17-8-4-2-5-9-17)19-14-22-20-11-10-18(15-24(19)20)21(25)23-12-6-3-7-13-23/h2,4-5,8-9,14,16,18H,3,6-7,10-13,15H2,1H3. The van der Waals surface area contributed by atoms with E-state index in [1.807, 2.05) is 6.20 Å². The van der Waals surface area contributed by atoms with E-state index in [1.165, 1.54) is 17.7 Å². The zero-order chi connectivity index (χ0) is 17.2. The van der Waals surface area contributed by atoms with Crippen LogP contribution in [0.1, 0.15) is 55.6 Å². The van der Waals surface area contributed by atoms with E-state index in [4.69, 9.17) is 0 Å². The summed E-state index contributed by atoms with van der Waals surface area (Å²) in [7, 11) is 0. The highest BCUT2D eigenvalue weighted by Crippen LogP contribution is 2.30. The van der Waals surface area contributed by atoms with Crippen molar-refractivity contribution in [1.29, 1.82) is 0 Å². The number of benzene rings is 1. The molecule has 0 aliphatic carbocycles. The van der Waals surface area contributed by atoms with E-state index < -0.39 is 0 Å². The fraction of sp³-hybridized carbons (Fsp3) is 0.524. The number of fused-ring (bicyclic) bond motifs is 1. The zero-order valence-electron chi connectivity index (χ0n) is 15.0. The van der Waals surface area contributed by atoms with Crippen molar-refractivity contribution in [2.75, 3.05) is 13.1 Å². The van der Waals surface area contributed by atoms with E-state index >= 15 is 0 Å². The van der Waals surface area contributed by atoms with Crippen molar-refractivity contribution < 1.29 is 4.79 Å². The van der Waals surface area contributed by atoms with Gasteiger partial charge in [0.15, 0.2) is 0 Å². The summed E-state index contributed by atoms with van der Waals surface area (Å²) >= 11 is 0. The van der Waals surface area contributed by atoms with Crippen molar-refractivity contribution in [3.63, 3.8) is 0 Å². The first kappa shape index (κ1) is 16.4. The highest BCUT2D eigenvalue weighted by atomic mass is 16.2. The molecular weight excluding hydrogens is 310 g/mol. The summed E-state index contributed by atoms with van der Waals surface area (Å²) in [4.78, 5) is 19.7. The number of aryl methyl sites for hydroxylation is 1.